The summed E-state index contributed by atoms with van der Waals surface area (Å²) in [6.07, 6.45) is 1.65. The van der Waals surface area contributed by atoms with Gasteiger partial charge in [0.1, 0.15) is 11.5 Å². The standard InChI is InChI=1S/C17H21N3O3S.HI/c1-22-13-6-9-16(23-2)15(10-13)20-17(18)19-11-12-4-7-14(8-5-12)24(3)21;/h4-10H,11H2,1-3H3,(H3,18,19,20);1H. The van der Waals surface area contributed by atoms with Gasteiger partial charge >= 0.3 is 0 Å². The van der Waals surface area contributed by atoms with Crippen LogP contribution in [0.1, 0.15) is 5.56 Å². The molecule has 0 fully saturated rings. The Labute approximate surface area is 167 Å². The third-order valence-electron chi connectivity index (χ3n) is 3.36. The van der Waals surface area contributed by atoms with E-state index in [0.29, 0.717) is 23.7 Å². The van der Waals surface area contributed by atoms with E-state index in [0.717, 1.165) is 10.5 Å². The molecule has 0 radical (unpaired) electrons. The maximum absolute atomic E-state index is 11.4. The summed E-state index contributed by atoms with van der Waals surface area (Å²) in [5.41, 5.74) is 7.59. The second-order valence-corrected chi connectivity index (χ2v) is 6.37. The molecule has 2 aromatic carbocycles. The smallest absolute Gasteiger partial charge is 0.193 e. The molecular formula is C17H22IN3O3S. The predicted molar refractivity (Wildman–Crippen MR) is 113 cm³/mol. The van der Waals surface area contributed by atoms with Crippen LogP contribution >= 0.6 is 24.0 Å². The van der Waals surface area contributed by atoms with Gasteiger partial charge in [0.05, 0.1) is 26.5 Å². The monoisotopic (exact) mass is 475 g/mol. The van der Waals surface area contributed by atoms with E-state index < -0.39 is 10.8 Å². The van der Waals surface area contributed by atoms with E-state index in [1.54, 1.807) is 38.7 Å². The number of benzene rings is 2. The lowest BCUT2D eigenvalue weighted by molar-refractivity contribution is 0.405. The minimum Gasteiger partial charge on any atom is -0.497 e. The number of methoxy groups -OCH3 is 2. The molecule has 6 nitrogen and oxygen atoms in total. The van der Waals surface area contributed by atoms with Crippen molar-refractivity contribution in [2.45, 2.75) is 11.4 Å². The molecule has 3 N–H and O–H groups in total. The van der Waals surface area contributed by atoms with E-state index in [4.69, 9.17) is 15.2 Å². The minimum atomic E-state index is -0.982. The third-order valence-corrected chi connectivity index (χ3v) is 4.29. The molecular weight excluding hydrogens is 453 g/mol. The van der Waals surface area contributed by atoms with Gasteiger partial charge in [-0.25, -0.2) is 4.99 Å². The molecule has 0 bridgehead atoms. The normalized spacial score (nSPS) is 12.0. The van der Waals surface area contributed by atoms with Crippen molar-refractivity contribution < 1.29 is 13.7 Å². The van der Waals surface area contributed by atoms with Gasteiger partial charge in [0.15, 0.2) is 5.96 Å². The van der Waals surface area contributed by atoms with Gasteiger partial charge in [0.2, 0.25) is 0 Å². The van der Waals surface area contributed by atoms with Crippen LogP contribution in [0, 0.1) is 0 Å². The number of nitrogens with one attached hydrogen (secondary N) is 1. The molecule has 2 aromatic rings. The van der Waals surface area contributed by atoms with Gasteiger partial charge in [-0.2, -0.15) is 0 Å². The fraction of sp³-hybridized carbons (Fsp3) is 0.235. The van der Waals surface area contributed by atoms with Crippen LogP contribution in [0.15, 0.2) is 52.4 Å². The Morgan fingerprint density at radius 3 is 2.40 bits per heavy atom. The van der Waals surface area contributed by atoms with Gasteiger partial charge < -0.3 is 20.5 Å². The Balaban J connectivity index is 0.00000312. The Bertz CT molecular complexity index is 751. The number of guanidine groups is 1. The number of nitrogens with zero attached hydrogens (tertiary/aromatic N) is 1. The van der Waals surface area contributed by atoms with E-state index in [9.17, 15) is 4.21 Å². The summed E-state index contributed by atoms with van der Waals surface area (Å²) < 4.78 is 21.9. The molecule has 8 heteroatoms. The third kappa shape index (κ3) is 6.20. The Hall–Kier alpha value is -1.81. The topological polar surface area (TPSA) is 85.9 Å². The summed E-state index contributed by atoms with van der Waals surface area (Å²) in [5.74, 6) is 1.60. The molecule has 0 aliphatic heterocycles. The number of halogens is 1. The first-order valence-electron chi connectivity index (χ1n) is 7.25. The second kappa shape index (κ2) is 10.2. The molecule has 0 saturated heterocycles. The van der Waals surface area contributed by atoms with Gasteiger partial charge in [0.25, 0.3) is 0 Å². The summed E-state index contributed by atoms with van der Waals surface area (Å²) >= 11 is 0. The van der Waals surface area contributed by atoms with E-state index in [1.807, 2.05) is 24.3 Å². The van der Waals surface area contributed by atoms with E-state index in [2.05, 4.69) is 10.3 Å². The molecule has 25 heavy (non-hydrogen) atoms. The maximum Gasteiger partial charge on any atom is 0.193 e. The maximum atomic E-state index is 11.4. The lowest BCUT2D eigenvalue weighted by Crippen LogP contribution is -2.23. The first-order valence-corrected chi connectivity index (χ1v) is 8.80. The van der Waals surface area contributed by atoms with Gasteiger partial charge in [-0.15, -0.1) is 24.0 Å². The van der Waals surface area contributed by atoms with Crippen LogP contribution in [0.3, 0.4) is 0 Å². The molecule has 0 amide bonds. The zero-order valence-corrected chi connectivity index (χ0v) is 17.5. The van der Waals surface area contributed by atoms with Crippen molar-refractivity contribution in [2.75, 3.05) is 25.8 Å². The summed E-state index contributed by atoms with van der Waals surface area (Å²) in [7, 11) is 2.19. The zero-order valence-electron chi connectivity index (χ0n) is 14.3. The molecule has 0 spiro atoms. The quantitative estimate of drug-likeness (QED) is 0.381. The Morgan fingerprint density at radius 1 is 1.16 bits per heavy atom. The van der Waals surface area contributed by atoms with Crippen LogP contribution in [-0.2, 0) is 17.3 Å². The van der Waals surface area contributed by atoms with Gasteiger partial charge in [0, 0.05) is 28.0 Å². The van der Waals surface area contributed by atoms with Crippen molar-refractivity contribution in [3.05, 3.63) is 48.0 Å². The number of rotatable bonds is 6. The molecule has 1 atom stereocenters. The first kappa shape index (κ1) is 21.2. The predicted octanol–water partition coefficient (Wildman–Crippen LogP) is 2.99. The average molecular weight is 475 g/mol. The highest BCUT2D eigenvalue weighted by atomic mass is 127. The molecule has 0 aliphatic carbocycles. The SMILES string of the molecule is COc1ccc(OC)c(NC(N)=NCc2ccc(S(C)=O)cc2)c1.I. The highest BCUT2D eigenvalue weighted by molar-refractivity contribution is 14.0. The minimum absolute atomic E-state index is 0. The molecule has 0 heterocycles. The number of anilines is 1. The van der Waals surface area contributed by atoms with Crippen molar-refractivity contribution in [1.82, 2.24) is 0 Å². The zero-order chi connectivity index (χ0) is 17.5. The molecule has 136 valence electrons. The first-order chi connectivity index (χ1) is 11.5. The van der Waals surface area contributed by atoms with Crippen molar-refractivity contribution >= 4 is 46.4 Å². The summed E-state index contributed by atoms with van der Waals surface area (Å²) in [5, 5.41) is 3.01. The number of nitrogens with two attached hydrogens (primary N) is 1. The molecule has 0 saturated carbocycles. The summed E-state index contributed by atoms with van der Waals surface area (Å²) in [6, 6.07) is 12.8. The van der Waals surface area contributed by atoms with Crippen molar-refractivity contribution in [3.63, 3.8) is 0 Å². The van der Waals surface area contributed by atoms with Crippen LogP contribution in [0.2, 0.25) is 0 Å². The number of hydrogen-bond donors (Lipinski definition) is 2. The van der Waals surface area contributed by atoms with Crippen LogP contribution < -0.4 is 20.5 Å². The molecule has 0 aliphatic rings. The Morgan fingerprint density at radius 2 is 1.84 bits per heavy atom. The van der Waals surface area contributed by atoms with E-state index in [-0.39, 0.29) is 29.9 Å². The molecule has 2 rings (SSSR count). The number of hydrogen-bond acceptors (Lipinski definition) is 4. The largest absolute Gasteiger partial charge is 0.497 e. The van der Waals surface area contributed by atoms with E-state index in [1.165, 1.54) is 0 Å². The van der Waals surface area contributed by atoms with Gasteiger partial charge in [-0.3, -0.25) is 4.21 Å². The van der Waals surface area contributed by atoms with Gasteiger partial charge in [-0.05, 0) is 29.8 Å². The number of ether oxygens (including phenoxy) is 2. The fourth-order valence-electron chi connectivity index (χ4n) is 2.05. The number of aliphatic imine (C=N–C) groups is 1. The molecule has 0 aromatic heterocycles. The van der Waals surface area contributed by atoms with Crippen molar-refractivity contribution in [2.24, 2.45) is 10.7 Å². The molecule has 1 unspecified atom stereocenters. The lowest BCUT2D eigenvalue weighted by Gasteiger charge is -2.12. The Kier molecular flexibility index (Phi) is 8.70. The summed E-state index contributed by atoms with van der Waals surface area (Å²) in [6.45, 7) is 0.418. The van der Waals surface area contributed by atoms with Crippen LogP contribution in [0.4, 0.5) is 5.69 Å². The van der Waals surface area contributed by atoms with Crippen LogP contribution in [-0.4, -0.2) is 30.6 Å². The highest BCUT2D eigenvalue weighted by Gasteiger charge is 2.06. The van der Waals surface area contributed by atoms with Crippen molar-refractivity contribution in [1.29, 1.82) is 0 Å². The van der Waals surface area contributed by atoms with Crippen LogP contribution in [0.25, 0.3) is 0 Å². The second-order valence-electron chi connectivity index (χ2n) is 4.99. The lowest BCUT2D eigenvalue weighted by atomic mass is 10.2. The average Bonchev–Trinajstić information content (AvgIpc) is 2.60. The van der Waals surface area contributed by atoms with Gasteiger partial charge in [-0.1, -0.05) is 12.1 Å². The summed E-state index contributed by atoms with van der Waals surface area (Å²) in [4.78, 5) is 5.09. The van der Waals surface area contributed by atoms with Crippen molar-refractivity contribution in [3.8, 4) is 11.5 Å². The van der Waals surface area contributed by atoms with E-state index >= 15 is 0 Å². The fourth-order valence-corrected chi connectivity index (χ4v) is 2.57. The van der Waals surface area contributed by atoms with Crippen LogP contribution in [0.5, 0.6) is 11.5 Å². The highest BCUT2D eigenvalue weighted by Crippen LogP contribution is 2.28.